The molecule has 59 heavy (non-hydrogen) atoms. The molecule has 3 fully saturated rings. The van der Waals surface area contributed by atoms with E-state index in [1.54, 1.807) is 60.7 Å². The van der Waals surface area contributed by atoms with Crippen LogP contribution in [0.15, 0.2) is 96.6 Å². The van der Waals surface area contributed by atoms with Crippen molar-refractivity contribution < 1.29 is 60.1 Å². The Morgan fingerprint density at radius 2 is 1.42 bits per heavy atom. The molecule has 10 nitrogen and oxygen atoms in total. The number of allylic oxidation sites excluding steroid dienone is 2. The molecule has 0 unspecified atom stereocenters. The largest absolute Gasteiger partial charge is 0.507 e. The summed E-state index contributed by atoms with van der Waals surface area (Å²) in [7, 11) is 2.68. The fourth-order valence-corrected chi connectivity index (χ4v) is 9.55. The van der Waals surface area contributed by atoms with Crippen molar-refractivity contribution in [3.8, 4) is 17.2 Å². The van der Waals surface area contributed by atoms with Crippen LogP contribution < -0.4 is 19.8 Å². The number of phenolic OH excluding ortho intramolecular Hbond substituents is 1. The molecule has 4 aromatic rings. The second-order valence-electron chi connectivity index (χ2n) is 15.1. The third-order valence-corrected chi connectivity index (χ3v) is 12.1. The summed E-state index contributed by atoms with van der Waals surface area (Å²) in [6.45, 7) is 1.86. The van der Waals surface area contributed by atoms with Crippen molar-refractivity contribution in [3.05, 3.63) is 124 Å². The number of aryl methyl sites for hydroxylation is 1. The molecule has 4 amide bonds. The Morgan fingerprint density at radius 1 is 0.780 bits per heavy atom. The zero-order chi connectivity index (χ0) is 42.3. The number of rotatable bonds is 7. The number of carbonyl (C=O) groups excluding carboxylic acids is 4. The smallest absolute Gasteiger partial charge is 0.416 e. The molecule has 2 heterocycles. The molecule has 306 valence electrons. The second-order valence-corrected chi connectivity index (χ2v) is 15.1. The summed E-state index contributed by atoms with van der Waals surface area (Å²) in [5, 5.41) is 12.8. The number of amides is 4. The van der Waals surface area contributed by atoms with Gasteiger partial charge in [0.05, 0.1) is 59.9 Å². The Labute approximate surface area is 333 Å². The number of halogens is 6. The first-order valence-corrected chi connectivity index (χ1v) is 18.5. The Kier molecular flexibility index (Phi) is 9.31. The van der Waals surface area contributed by atoms with Gasteiger partial charge in [-0.3, -0.25) is 24.6 Å². The zero-order valence-electron chi connectivity index (χ0n) is 31.5. The zero-order valence-corrected chi connectivity index (χ0v) is 31.5. The highest BCUT2D eigenvalue weighted by molar-refractivity contribution is 6.22. The van der Waals surface area contributed by atoms with E-state index < -0.39 is 93.5 Å². The number of fused-ring (bicyclic) bond motifs is 4. The number of carbonyl (C=O) groups is 4. The first-order chi connectivity index (χ1) is 27.9. The van der Waals surface area contributed by atoms with E-state index >= 15 is 4.79 Å². The standard InChI is InChI=1S/C43H35F6N3O7/c1-21-9-11-25(12-10-21)50-52-38(55)31-20-30-28(36(35-32(53)18-27(58-2)19-33(35)59-3)41(31,40(52)57)22-7-5-4-6-8-22)13-14-29-34(30)39(56)51(37(29)54)26-16-23(42(44,45)46)15-24(17-26)43(47,48)49/h4-13,15-19,29-31,34,36,50,53H,14,20H2,1-3H3/t29-,30+,31-,34-,36+,41+/m0/s1. The van der Waals surface area contributed by atoms with Crippen LogP contribution in [0.5, 0.6) is 17.2 Å². The van der Waals surface area contributed by atoms with Gasteiger partial charge in [0.25, 0.3) is 11.8 Å². The molecule has 2 aliphatic carbocycles. The number of benzene rings is 4. The molecule has 4 aromatic carbocycles. The number of aromatic hydroxyl groups is 1. The lowest BCUT2D eigenvalue weighted by Gasteiger charge is -2.50. The number of hydrogen-bond donors (Lipinski definition) is 2. The Hall–Kier alpha value is -6.32. The number of hydrazine groups is 1. The highest BCUT2D eigenvalue weighted by Crippen LogP contribution is 2.66. The van der Waals surface area contributed by atoms with Gasteiger partial charge in [0.15, 0.2) is 0 Å². The molecule has 0 bridgehead atoms. The minimum Gasteiger partial charge on any atom is -0.507 e. The highest BCUT2D eigenvalue weighted by Gasteiger charge is 2.71. The summed E-state index contributed by atoms with van der Waals surface area (Å²) in [6.07, 6.45) is -9.34. The minimum atomic E-state index is -5.26. The van der Waals surface area contributed by atoms with Gasteiger partial charge in [-0.1, -0.05) is 59.7 Å². The maximum Gasteiger partial charge on any atom is 0.416 e. The molecule has 0 aromatic heterocycles. The number of alkyl halides is 6. The van der Waals surface area contributed by atoms with Crippen molar-refractivity contribution >= 4 is 35.0 Å². The van der Waals surface area contributed by atoms with Crippen LogP contribution in [0.25, 0.3) is 0 Å². The molecule has 4 aliphatic rings. The summed E-state index contributed by atoms with van der Waals surface area (Å²) in [6, 6.07) is 18.6. The molecular weight excluding hydrogens is 784 g/mol. The van der Waals surface area contributed by atoms with E-state index in [0.29, 0.717) is 33.9 Å². The number of nitrogens with one attached hydrogen (secondary N) is 1. The molecule has 2 N–H and O–H groups in total. The molecule has 16 heteroatoms. The van der Waals surface area contributed by atoms with Crippen LogP contribution in [0.4, 0.5) is 37.7 Å². The van der Waals surface area contributed by atoms with E-state index in [9.17, 15) is 45.8 Å². The van der Waals surface area contributed by atoms with Crippen LogP contribution in [-0.2, 0) is 36.9 Å². The predicted octanol–water partition coefficient (Wildman–Crippen LogP) is 7.94. The topological polar surface area (TPSA) is 125 Å². The normalized spacial score (nSPS) is 25.4. The van der Waals surface area contributed by atoms with Crippen LogP contribution in [-0.4, -0.2) is 48.0 Å². The van der Waals surface area contributed by atoms with E-state index in [2.05, 4.69) is 5.43 Å². The third kappa shape index (κ3) is 6.09. The van der Waals surface area contributed by atoms with Crippen LogP contribution in [0.1, 0.15) is 46.6 Å². The first kappa shape index (κ1) is 39.5. The predicted molar refractivity (Wildman–Crippen MR) is 199 cm³/mol. The van der Waals surface area contributed by atoms with Gasteiger partial charge in [0, 0.05) is 23.6 Å². The van der Waals surface area contributed by atoms with E-state index in [1.807, 2.05) is 6.92 Å². The number of phenols is 1. The van der Waals surface area contributed by atoms with Crippen molar-refractivity contribution in [1.29, 1.82) is 0 Å². The summed E-state index contributed by atoms with van der Waals surface area (Å²) in [4.78, 5) is 59.4. The molecule has 0 radical (unpaired) electrons. The molecule has 2 aliphatic heterocycles. The quantitative estimate of drug-likeness (QED) is 0.109. The summed E-state index contributed by atoms with van der Waals surface area (Å²) >= 11 is 0. The Morgan fingerprint density at radius 3 is 2.02 bits per heavy atom. The molecule has 8 rings (SSSR count). The average Bonchev–Trinajstić information content (AvgIpc) is 3.58. The van der Waals surface area contributed by atoms with Crippen LogP contribution >= 0.6 is 0 Å². The fourth-order valence-electron chi connectivity index (χ4n) is 9.55. The van der Waals surface area contributed by atoms with Crippen molar-refractivity contribution in [2.75, 3.05) is 24.5 Å². The van der Waals surface area contributed by atoms with Gasteiger partial charge in [-0.25, -0.2) is 4.90 Å². The maximum absolute atomic E-state index is 15.4. The number of imide groups is 2. The van der Waals surface area contributed by atoms with Crippen LogP contribution in [0.3, 0.4) is 0 Å². The maximum atomic E-state index is 15.4. The van der Waals surface area contributed by atoms with Gasteiger partial charge in [0.2, 0.25) is 11.8 Å². The van der Waals surface area contributed by atoms with E-state index in [1.165, 1.54) is 26.4 Å². The van der Waals surface area contributed by atoms with Gasteiger partial charge < -0.3 is 14.6 Å². The van der Waals surface area contributed by atoms with E-state index in [-0.39, 0.29) is 36.0 Å². The summed E-state index contributed by atoms with van der Waals surface area (Å²) < 4.78 is 95.0. The van der Waals surface area contributed by atoms with Crippen LogP contribution in [0, 0.1) is 30.6 Å². The fraction of sp³-hybridized carbons (Fsp3) is 0.302. The molecular formula is C43H35F6N3O7. The summed E-state index contributed by atoms with van der Waals surface area (Å²) in [5.41, 5.74) is -1.13. The first-order valence-electron chi connectivity index (χ1n) is 18.5. The molecule has 0 spiro atoms. The minimum absolute atomic E-state index is 0.0499. The van der Waals surface area contributed by atoms with Gasteiger partial charge in [-0.05, 0) is 61.6 Å². The average molecular weight is 820 g/mol. The van der Waals surface area contributed by atoms with Gasteiger partial charge in [-0.2, -0.15) is 31.4 Å². The lowest BCUT2D eigenvalue weighted by atomic mass is 9.49. The van der Waals surface area contributed by atoms with Crippen molar-refractivity contribution in [1.82, 2.24) is 5.01 Å². The van der Waals surface area contributed by atoms with Gasteiger partial charge in [-0.15, -0.1) is 0 Å². The third-order valence-electron chi connectivity index (χ3n) is 12.1. The second kappa shape index (κ2) is 13.9. The Balaban J connectivity index is 1.34. The van der Waals surface area contributed by atoms with Gasteiger partial charge in [0.1, 0.15) is 17.2 Å². The highest BCUT2D eigenvalue weighted by atomic mass is 19.4. The lowest BCUT2D eigenvalue weighted by molar-refractivity contribution is -0.143. The number of nitrogens with zero attached hydrogens (tertiary/aromatic N) is 2. The Bertz CT molecular complexity index is 2400. The van der Waals surface area contributed by atoms with E-state index in [4.69, 9.17) is 9.47 Å². The van der Waals surface area contributed by atoms with Crippen LogP contribution in [0.2, 0.25) is 0 Å². The van der Waals surface area contributed by atoms with Crippen molar-refractivity contribution in [2.24, 2.45) is 23.7 Å². The number of hydrogen-bond acceptors (Lipinski definition) is 8. The summed E-state index contributed by atoms with van der Waals surface area (Å²) in [5.74, 6) is -9.93. The lowest BCUT2D eigenvalue weighted by Crippen LogP contribution is -2.53. The number of ether oxygens (including phenoxy) is 2. The van der Waals surface area contributed by atoms with E-state index in [0.717, 1.165) is 10.6 Å². The SMILES string of the molecule is COc1cc(O)c([C@H]2C3=CC[C@@H]4C(=O)N(c5cc(C(F)(F)F)cc(C(F)(F)F)c5)C(=O)[C@@H]4[C@@H]3C[C@H]3C(=O)N(Nc4ccc(C)cc4)C(=O)[C@@]23c2ccccc2)c(OC)c1. The molecule has 6 atom stereocenters. The number of methoxy groups -OCH3 is 2. The number of anilines is 2. The molecule has 1 saturated carbocycles. The van der Waals surface area contributed by atoms with Crippen molar-refractivity contribution in [3.63, 3.8) is 0 Å². The molecule has 2 saturated heterocycles. The van der Waals surface area contributed by atoms with Crippen molar-refractivity contribution in [2.45, 2.75) is 43.5 Å². The van der Waals surface area contributed by atoms with Gasteiger partial charge >= 0.3 is 12.4 Å². The monoisotopic (exact) mass is 819 g/mol.